The number of hydrogen-bond acceptors (Lipinski definition) is 4. The van der Waals surface area contributed by atoms with E-state index in [0.29, 0.717) is 18.7 Å². The van der Waals surface area contributed by atoms with Crippen LogP contribution in [-0.2, 0) is 4.79 Å². The van der Waals surface area contributed by atoms with Crippen LogP contribution >= 0.6 is 0 Å². The number of amides is 1. The number of aromatic nitrogens is 2. The van der Waals surface area contributed by atoms with Crippen LogP contribution in [0.4, 0.5) is 0 Å². The van der Waals surface area contributed by atoms with Gasteiger partial charge in [0.2, 0.25) is 0 Å². The molecule has 120 valence electrons. The summed E-state index contributed by atoms with van der Waals surface area (Å²) < 4.78 is 6.72. The highest BCUT2D eigenvalue weighted by molar-refractivity contribution is 5.93. The Morgan fingerprint density at radius 2 is 2.00 bits per heavy atom. The van der Waals surface area contributed by atoms with Gasteiger partial charge in [-0.05, 0) is 36.8 Å². The summed E-state index contributed by atoms with van der Waals surface area (Å²) in [7, 11) is 1.60. The first-order valence-corrected chi connectivity index (χ1v) is 7.30. The van der Waals surface area contributed by atoms with Crippen LogP contribution < -0.4 is 4.74 Å². The van der Waals surface area contributed by atoms with Crippen LogP contribution in [0.2, 0.25) is 0 Å². The standard InChI is InChI=1S/C16H17N3O4/c1-23-13-4-2-12(3-5-13)19-9-7-14(17-19)15(20)18-8-6-11(10-18)16(21)22/h2-5,7,9,11H,6,8,10H2,1H3,(H,21,22)/t11-/m1/s1. The van der Waals surface area contributed by atoms with Crippen LogP contribution in [0.25, 0.3) is 5.69 Å². The first-order valence-electron chi connectivity index (χ1n) is 7.30. The summed E-state index contributed by atoms with van der Waals surface area (Å²) in [6.07, 6.45) is 2.19. The highest BCUT2D eigenvalue weighted by atomic mass is 16.5. The van der Waals surface area contributed by atoms with Crippen molar-refractivity contribution in [3.05, 3.63) is 42.2 Å². The van der Waals surface area contributed by atoms with E-state index in [0.717, 1.165) is 11.4 Å². The average molecular weight is 315 g/mol. The third-order valence-electron chi connectivity index (χ3n) is 3.97. The number of carbonyl (C=O) groups is 2. The Labute approximate surface area is 133 Å². The molecule has 1 amide bonds. The molecular weight excluding hydrogens is 298 g/mol. The lowest BCUT2D eigenvalue weighted by molar-refractivity contribution is -0.141. The molecule has 23 heavy (non-hydrogen) atoms. The first kappa shape index (κ1) is 15.1. The topological polar surface area (TPSA) is 84.7 Å². The predicted octanol–water partition coefficient (Wildman–Crippen LogP) is 1.43. The third-order valence-corrected chi connectivity index (χ3v) is 3.97. The molecular formula is C16H17N3O4. The van der Waals surface area contributed by atoms with Crippen LogP contribution in [0, 0.1) is 5.92 Å². The molecule has 2 aromatic rings. The number of ether oxygens (including phenoxy) is 1. The van der Waals surface area contributed by atoms with Crippen molar-refractivity contribution in [2.24, 2.45) is 5.92 Å². The highest BCUT2D eigenvalue weighted by Crippen LogP contribution is 2.19. The predicted molar refractivity (Wildman–Crippen MR) is 81.8 cm³/mol. The van der Waals surface area contributed by atoms with Crippen molar-refractivity contribution in [2.45, 2.75) is 6.42 Å². The molecule has 7 heteroatoms. The van der Waals surface area contributed by atoms with E-state index in [4.69, 9.17) is 9.84 Å². The number of nitrogens with zero attached hydrogens (tertiary/aromatic N) is 3. The third kappa shape index (κ3) is 3.03. The molecule has 1 aromatic carbocycles. The number of carboxylic acid groups (broad SMARTS) is 1. The summed E-state index contributed by atoms with van der Waals surface area (Å²) in [6, 6.07) is 8.96. The molecule has 1 saturated heterocycles. The lowest BCUT2D eigenvalue weighted by Crippen LogP contribution is -2.30. The number of rotatable bonds is 4. The number of likely N-dealkylation sites (tertiary alicyclic amines) is 1. The lowest BCUT2D eigenvalue weighted by atomic mass is 10.1. The molecule has 0 saturated carbocycles. The van der Waals surface area contributed by atoms with Gasteiger partial charge in [-0.1, -0.05) is 0 Å². The van der Waals surface area contributed by atoms with Gasteiger partial charge in [0.05, 0.1) is 18.7 Å². The molecule has 1 aromatic heterocycles. The Kier molecular flexibility index (Phi) is 4.01. The fraction of sp³-hybridized carbons (Fsp3) is 0.312. The SMILES string of the molecule is COc1ccc(-n2ccc(C(=O)N3CC[C@@H](C(=O)O)C3)n2)cc1. The van der Waals surface area contributed by atoms with Gasteiger partial charge in [-0.3, -0.25) is 9.59 Å². The molecule has 1 atom stereocenters. The molecule has 1 fully saturated rings. The second-order valence-electron chi connectivity index (χ2n) is 5.42. The molecule has 1 N–H and O–H groups in total. The zero-order valence-corrected chi connectivity index (χ0v) is 12.7. The molecule has 2 heterocycles. The maximum Gasteiger partial charge on any atom is 0.308 e. The summed E-state index contributed by atoms with van der Waals surface area (Å²) in [5.74, 6) is -0.832. The Hall–Kier alpha value is -2.83. The smallest absolute Gasteiger partial charge is 0.308 e. The molecule has 0 unspecified atom stereocenters. The Morgan fingerprint density at radius 3 is 2.61 bits per heavy atom. The van der Waals surface area contributed by atoms with Gasteiger partial charge in [-0.2, -0.15) is 5.10 Å². The van der Waals surface area contributed by atoms with Crippen molar-refractivity contribution in [1.29, 1.82) is 0 Å². The van der Waals surface area contributed by atoms with Gasteiger partial charge in [0.15, 0.2) is 5.69 Å². The largest absolute Gasteiger partial charge is 0.497 e. The van der Waals surface area contributed by atoms with Crippen molar-refractivity contribution in [3.8, 4) is 11.4 Å². The lowest BCUT2D eigenvalue weighted by Gasteiger charge is -2.13. The van der Waals surface area contributed by atoms with Crippen LogP contribution in [0.3, 0.4) is 0 Å². The molecule has 7 nitrogen and oxygen atoms in total. The Bertz CT molecular complexity index is 723. The van der Waals surface area contributed by atoms with Gasteiger partial charge in [0.25, 0.3) is 5.91 Å². The summed E-state index contributed by atoms with van der Waals surface area (Å²) >= 11 is 0. The van der Waals surface area contributed by atoms with E-state index in [-0.39, 0.29) is 12.5 Å². The van der Waals surface area contributed by atoms with E-state index in [2.05, 4.69) is 5.10 Å². The number of hydrogen-bond donors (Lipinski definition) is 1. The van der Waals surface area contributed by atoms with Crippen molar-refractivity contribution in [2.75, 3.05) is 20.2 Å². The molecule has 1 aliphatic heterocycles. The average Bonchev–Trinajstić information content (AvgIpc) is 3.24. The fourth-order valence-corrected chi connectivity index (χ4v) is 2.63. The molecule has 0 aliphatic carbocycles. The van der Waals surface area contributed by atoms with E-state index in [9.17, 15) is 9.59 Å². The first-order chi connectivity index (χ1) is 11.1. The maximum atomic E-state index is 12.4. The van der Waals surface area contributed by atoms with Crippen molar-refractivity contribution < 1.29 is 19.4 Å². The van der Waals surface area contributed by atoms with Gasteiger partial charge in [-0.15, -0.1) is 0 Å². The summed E-state index contributed by atoms with van der Waals surface area (Å²) in [6.45, 7) is 0.689. The minimum Gasteiger partial charge on any atom is -0.497 e. The Morgan fingerprint density at radius 1 is 1.26 bits per heavy atom. The van der Waals surface area contributed by atoms with Crippen LogP contribution in [0.1, 0.15) is 16.9 Å². The molecule has 0 spiro atoms. The van der Waals surface area contributed by atoms with E-state index >= 15 is 0 Å². The second kappa shape index (κ2) is 6.12. The van der Waals surface area contributed by atoms with E-state index in [1.165, 1.54) is 0 Å². The van der Waals surface area contributed by atoms with Crippen molar-refractivity contribution in [3.63, 3.8) is 0 Å². The zero-order chi connectivity index (χ0) is 16.4. The van der Waals surface area contributed by atoms with Crippen LogP contribution in [-0.4, -0.2) is 51.9 Å². The second-order valence-corrected chi connectivity index (χ2v) is 5.42. The summed E-state index contributed by atoms with van der Waals surface area (Å²) in [4.78, 5) is 24.9. The van der Waals surface area contributed by atoms with Gasteiger partial charge >= 0.3 is 5.97 Å². The molecule has 3 rings (SSSR count). The summed E-state index contributed by atoms with van der Waals surface area (Å²) in [5.41, 5.74) is 1.13. The molecule has 0 bridgehead atoms. The fourth-order valence-electron chi connectivity index (χ4n) is 2.63. The number of aliphatic carboxylic acids is 1. The number of methoxy groups -OCH3 is 1. The number of carbonyl (C=O) groups excluding carboxylic acids is 1. The monoisotopic (exact) mass is 315 g/mol. The zero-order valence-electron chi connectivity index (χ0n) is 12.7. The van der Waals surface area contributed by atoms with E-state index < -0.39 is 11.9 Å². The van der Waals surface area contributed by atoms with Crippen LogP contribution in [0.5, 0.6) is 5.75 Å². The van der Waals surface area contributed by atoms with Crippen molar-refractivity contribution >= 4 is 11.9 Å². The van der Waals surface area contributed by atoms with Crippen molar-refractivity contribution in [1.82, 2.24) is 14.7 Å². The maximum absolute atomic E-state index is 12.4. The highest BCUT2D eigenvalue weighted by Gasteiger charge is 2.32. The molecule has 0 radical (unpaired) electrons. The summed E-state index contributed by atoms with van der Waals surface area (Å²) in [5, 5.41) is 13.3. The van der Waals surface area contributed by atoms with Gasteiger partial charge in [-0.25, -0.2) is 4.68 Å². The van der Waals surface area contributed by atoms with E-state index in [1.807, 2.05) is 24.3 Å². The minimum absolute atomic E-state index is 0.235. The van der Waals surface area contributed by atoms with Gasteiger partial charge < -0.3 is 14.7 Å². The van der Waals surface area contributed by atoms with Gasteiger partial charge in [0.1, 0.15) is 5.75 Å². The minimum atomic E-state index is -0.857. The Balaban J connectivity index is 1.73. The number of benzene rings is 1. The van der Waals surface area contributed by atoms with E-state index in [1.54, 1.807) is 29.0 Å². The number of carboxylic acids is 1. The molecule has 1 aliphatic rings. The quantitative estimate of drug-likeness (QED) is 0.922. The van der Waals surface area contributed by atoms with Crippen LogP contribution in [0.15, 0.2) is 36.5 Å². The normalized spacial score (nSPS) is 17.3. The van der Waals surface area contributed by atoms with Gasteiger partial charge in [0, 0.05) is 19.3 Å².